The third-order valence-electron chi connectivity index (χ3n) is 4.18. The molecule has 0 fully saturated rings. The first-order valence-corrected chi connectivity index (χ1v) is 8.68. The van der Waals surface area contributed by atoms with Gasteiger partial charge in [-0.2, -0.15) is 0 Å². The average Bonchev–Trinajstić information content (AvgIpc) is 3.25. The van der Waals surface area contributed by atoms with Crippen LogP contribution in [-0.2, 0) is 11.2 Å². The Bertz CT molecular complexity index is 926. The van der Waals surface area contributed by atoms with E-state index in [-0.39, 0.29) is 0 Å². The molecule has 3 aromatic rings. The predicted molar refractivity (Wildman–Crippen MR) is 103 cm³/mol. The number of hydrogen-bond donors (Lipinski definition) is 2. The van der Waals surface area contributed by atoms with Crippen LogP contribution >= 0.6 is 0 Å². The van der Waals surface area contributed by atoms with Crippen molar-refractivity contribution in [3.05, 3.63) is 72.1 Å². The van der Waals surface area contributed by atoms with E-state index >= 15 is 0 Å². The van der Waals surface area contributed by atoms with Gasteiger partial charge in [0.15, 0.2) is 0 Å². The number of aromatic nitrogens is 4. The first-order chi connectivity index (χ1) is 13.5. The SMILES string of the molecule is CN(C)c1cccc(C(=O)NNC(=O)C(Cc2ccccc2)n2cnnn2)c1. The number of amides is 2. The first kappa shape index (κ1) is 19.0. The minimum atomic E-state index is -0.703. The molecule has 1 atom stereocenters. The molecule has 3 rings (SSSR count). The van der Waals surface area contributed by atoms with Gasteiger partial charge in [-0.15, -0.1) is 5.10 Å². The van der Waals surface area contributed by atoms with Gasteiger partial charge in [0.2, 0.25) is 0 Å². The number of hydrogen-bond acceptors (Lipinski definition) is 6. The number of anilines is 1. The summed E-state index contributed by atoms with van der Waals surface area (Å²) in [5.41, 5.74) is 7.19. The fraction of sp³-hybridized carbons (Fsp3) is 0.211. The van der Waals surface area contributed by atoms with Crippen molar-refractivity contribution < 1.29 is 9.59 Å². The summed E-state index contributed by atoms with van der Waals surface area (Å²) in [6, 6.07) is 15.9. The molecule has 0 bridgehead atoms. The molecule has 1 heterocycles. The quantitative estimate of drug-likeness (QED) is 0.619. The number of tetrazole rings is 1. The van der Waals surface area contributed by atoms with E-state index in [9.17, 15) is 9.59 Å². The molecule has 0 spiro atoms. The molecule has 28 heavy (non-hydrogen) atoms. The van der Waals surface area contributed by atoms with E-state index in [1.165, 1.54) is 11.0 Å². The smallest absolute Gasteiger partial charge is 0.269 e. The van der Waals surface area contributed by atoms with Gasteiger partial charge in [0, 0.05) is 31.8 Å². The summed E-state index contributed by atoms with van der Waals surface area (Å²) in [6.07, 6.45) is 1.75. The summed E-state index contributed by atoms with van der Waals surface area (Å²) in [6.45, 7) is 0. The van der Waals surface area contributed by atoms with Crippen LogP contribution in [0.15, 0.2) is 60.9 Å². The van der Waals surface area contributed by atoms with Crippen molar-refractivity contribution >= 4 is 17.5 Å². The summed E-state index contributed by atoms with van der Waals surface area (Å²) >= 11 is 0. The zero-order valence-electron chi connectivity index (χ0n) is 15.6. The molecule has 0 aliphatic rings. The van der Waals surface area contributed by atoms with Crippen molar-refractivity contribution in [1.29, 1.82) is 0 Å². The number of nitrogens with one attached hydrogen (secondary N) is 2. The third-order valence-corrected chi connectivity index (χ3v) is 4.18. The van der Waals surface area contributed by atoms with Crippen LogP contribution in [-0.4, -0.2) is 46.1 Å². The molecule has 144 valence electrons. The topological polar surface area (TPSA) is 105 Å². The van der Waals surface area contributed by atoms with Crippen LogP contribution in [0.5, 0.6) is 0 Å². The Labute approximate surface area is 162 Å². The van der Waals surface area contributed by atoms with Crippen molar-refractivity contribution in [3.63, 3.8) is 0 Å². The highest BCUT2D eigenvalue weighted by Gasteiger charge is 2.23. The lowest BCUT2D eigenvalue weighted by Gasteiger charge is -2.17. The Morgan fingerprint density at radius 3 is 2.54 bits per heavy atom. The van der Waals surface area contributed by atoms with Crippen LogP contribution in [0.4, 0.5) is 5.69 Å². The van der Waals surface area contributed by atoms with E-state index < -0.39 is 17.9 Å². The van der Waals surface area contributed by atoms with Gasteiger partial charge < -0.3 is 4.90 Å². The highest BCUT2D eigenvalue weighted by atomic mass is 16.2. The predicted octanol–water partition coefficient (Wildman–Crippen LogP) is 0.984. The molecule has 0 aliphatic carbocycles. The molecule has 9 heteroatoms. The van der Waals surface area contributed by atoms with E-state index in [4.69, 9.17) is 0 Å². The monoisotopic (exact) mass is 379 g/mol. The normalized spacial score (nSPS) is 11.5. The summed E-state index contributed by atoms with van der Waals surface area (Å²) in [5.74, 6) is -0.833. The number of hydrazine groups is 1. The largest absolute Gasteiger partial charge is 0.378 e. The second-order valence-electron chi connectivity index (χ2n) is 6.38. The Balaban J connectivity index is 1.68. The third kappa shape index (κ3) is 4.70. The van der Waals surface area contributed by atoms with Crippen LogP contribution in [0.2, 0.25) is 0 Å². The molecule has 0 saturated carbocycles. The molecule has 1 unspecified atom stereocenters. The van der Waals surface area contributed by atoms with Crippen LogP contribution in [0.1, 0.15) is 22.0 Å². The maximum Gasteiger partial charge on any atom is 0.269 e. The van der Waals surface area contributed by atoms with Crippen molar-refractivity contribution in [2.75, 3.05) is 19.0 Å². The van der Waals surface area contributed by atoms with Crippen LogP contribution in [0.3, 0.4) is 0 Å². The van der Waals surface area contributed by atoms with E-state index in [0.717, 1.165) is 11.3 Å². The summed E-state index contributed by atoms with van der Waals surface area (Å²) in [5, 5.41) is 11.0. The average molecular weight is 379 g/mol. The molecule has 2 aromatic carbocycles. The number of carbonyl (C=O) groups is 2. The maximum atomic E-state index is 12.7. The Morgan fingerprint density at radius 1 is 1.07 bits per heavy atom. The van der Waals surface area contributed by atoms with Crippen LogP contribution in [0, 0.1) is 0 Å². The fourth-order valence-electron chi connectivity index (χ4n) is 2.65. The van der Waals surface area contributed by atoms with Crippen molar-refractivity contribution in [2.24, 2.45) is 0 Å². The minimum Gasteiger partial charge on any atom is -0.378 e. The van der Waals surface area contributed by atoms with Gasteiger partial charge in [-0.05, 0) is 34.2 Å². The highest BCUT2D eigenvalue weighted by Crippen LogP contribution is 2.14. The fourth-order valence-corrected chi connectivity index (χ4v) is 2.65. The second-order valence-corrected chi connectivity index (χ2v) is 6.38. The van der Waals surface area contributed by atoms with Crippen molar-refractivity contribution in [2.45, 2.75) is 12.5 Å². The van der Waals surface area contributed by atoms with Crippen molar-refractivity contribution in [3.8, 4) is 0 Å². The minimum absolute atomic E-state index is 0.379. The number of nitrogens with zero attached hydrogens (tertiary/aromatic N) is 5. The summed E-state index contributed by atoms with van der Waals surface area (Å²) in [4.78, 5) is 27.0. The molecule has 9 nitrogen and oxygen atoms in total. The standard InChI is InChI=1S/C19H21N7O2/c1-25(2)16-10-6-9-15(12-16)18(27)21-22-19(28)17(26-13-20-23-24-26)11-14-7-4-3-5-8-14/h3-10,12-13,17H,11H2,1-2H3,(H,21,27)(H,22,28). The lowest BCUT2D eigenvalue weighted by atomic mass is 10.1. The lowest BCUT2D eigenvalue weighted by Crippen LogP contribution is -2.45. The molecular weight excluding hydrogens is 358 g/mol. The molecule has 0 aliphatic heterocycles. The van der Waals surface area contributed by atoms with Gasteiger partial charge in [-0.3, -0.25) is 20.4 Å². The van der Waals surface area contributed by atoms with Gasteiger partial charge in [0.1, 0.15) is 12.4 Å². The van der Waals surface area contributed by atoms with E-state index in [2.05, 4.69) is 26.4 Å². The molecule has 1 aromatic heterocycles. The summed E-state index contributed by atoms with van der Waals surface area (Å²) < 4.78 is 1.36. The Morgan fingerprint density at radius 2 is 1.86 bits per heavy atom. The van der Waals surface area contributed by atoms with Crippen molar-refractivity contribution in [1.82, 2.24) is 31.1 Å². The number of benzene rings is 2. The Hall–Kier alpha value is -3.75. The molecule has 0 radical (unpaired) electrons. The van der Waals surface area contributed by atoms with Crippen LogP contribution in [0.25, 0.3) is 0 Å². The number of carbonyl (C=O) groups excluding carboxylic acids is 2. The molecular formula is C19H21N7O2. The zero-order valence-corrected chi connectivity index (χ0v) is 15.6. The van der Waals surface area contributed by atoms with Gasteiger partial charge in [-0.25, -0.2) is 4.68 Å². The second kappa shape index (κ2) is 8.76. The van der Waals surface area contributed by atoms with Gasteiger partial charge >= 0.3 is 0 Å². The lowest BCUT2D eigenvalue weighted by molar-refractivity contribution is -0.125. The van der Waals surface area contributed by atoms with Crippen LogP contribution < -0.4 is 15.8 Å². The molecule has 0 saturated heterocycles. The highest BCUT2D eigenvalue weighted by molar-refractivity contribution is 5.96. The molecule has 2 amide bonds. The first-order valence-electron chi connectivity index (χ1n) is 8.68. The van der Waals surface area contributed by atoms with Gasteiger partial charge in [0.25, 0.3) is 11.8 Å². The van der Waals surface area contributed by atoms with E-state index in [0.29, 0.717) is 12.0 Å². The van der Waals surface area contributed by atoms with Gasteiger partial charge in [0.05, 0.1) is 0 Å². The molecule has 2 N–H and O–H groups in total. The maximum absolute atomic E-state index is 12.7. The van der Waals surface area contributed by atoms with Gasteiger partial charge in [-0.1, -0.05) is 36.4 Å². The number of rotatable bonds is 6. The van der Waals surface area contributed by atoms with E-state index in [1.807, 2.05) is 55.4 Å². The zero-order chi connectivity index (χ0) is 19.9. The summed E-state index contributed by atoms with van der Waals surface area (Å²) in [7, 11) is 3.78. The Kier molecular flexibility index (Phi) is 5.95. The van der Waals surface area contributed by atoms with E-state index in [1.54, 1.807) is 18.2 Å².